The maximum Gasteiger partial charge on any atom is 0.387 e. The second-order valence-corrected chi connectivity index (χ2v) is 6.88. The number of alkyl halides is 2. The molecule has 10 heteroatoms. The van der Waals surface area contributed by atoms with Crippen LogP contribution in [0.2, 0.25) is 0 Å². The van der Waals surface area contributed by atoms with E-state index in [1.165, 1.54) is 6.07 Å². The van der Waals surface area contributed by atoms with Crippen LogP contribution < -0.4 is 25.4 Å². The topological polar surface area (TPSA) is 84.0 Å². The van der Waals surface area contributed by atoms with Crippen molar-refractivity contribution < 1.29 is 23.0 Å². The van der Waals surface area contributed by atoms with Crippen molar-refractivity contribution in [2.75, 3.05) is 27.2 Å². The molecule has 3 N–H and O–H groups in total. The third-order valence-electron chi connectivity index (χ3n) is 4.52. The van der Waals surface area contributed by atoms with E-state index in [4.69, 9.17) is 4.74 Å². The Labute approximate surface area is 210 Å². The van der Waals surface area contributed by atoms with Gasteiger partial charge >= 0.3 is 6.61 Å². The molecule has 0 aromatic heterocycles. The molecule has 0 saturated carbocycles. The van der Waals surface area contributed by atoms with Gasteiger partial charge in [0.15, 0.2) is 5.96 Å². The second kappa shape index (κ2) is 15.3. The maximum atomic E-state index is 12.8. The highest BCUT2D eigenvalue weighted by Crippen LogP contribution is 2.26. The van der Waals surface area contributed by atoms with E-state index < -0.39 is 6.61 Å². The fourth-order valence-corrected chi connectivity index (χ4v) is 2.93. The molecule has 2 aromatic rings. The van der Waals surface area contributed by atoms with E-state index >= 15 is 0 Å². The number of benzene rings is 2. The molecule has 0 aliphatic carbocycles. The molecule has 0 spiro atoms. The molecule has 0 atom stereocenters. The zero-order chi connectivity index (χ0) is 23.3. The van der Waals surface area contributed by atoms with Gasteiger partial charge in [-0.05, 0) is 42.7 Å². The Kier molecular flexibility index (Phi) is 13.1. The lowest BCUT2D eigenvalue weighted by Gasteiger charge is -2.16. The van der Waals surface area contributed by atoms with Crippen LogP contribution in [0.15, 0.2) is 47.5 Å². The summed E-state index contributed by atoms with van der Waals surface area (Å²) in [5, 5.41) is 8.88. The molecule has 2 rings (SSSR count). The van der Waals surface area contributed by atoms with Gasteiger partial charge in [-0.2, -0.15) is 8.78 Å². The molecule has 7 nitrogen and oxygen atoms in total. The minimum atomic E-state index is -2.93. The van der Waals surface area contributed by atoms with E-state index in [1.54, 1.807) is 32.3 Å². The van der Waals surface area contributed by atoms with Crippen molar-refractivity contribution in [1.29, 1.82) is 0 Å². The second-order valence-electron chi connectivity index (χ2n) is 6.88. The molecule has 0 saturated heterocycles. The molecule has 0 unspecified atom stereocenters. The first-order valence-electron chi connectivity index (χ1n) is 10.4. The first kappa shape index (κ1) is 28.4. The molecule has 182 valence electrons. The molecule has 0 bridgehead atoms. The van der Waals surface area contributed by atoms with E-state index in [1.807, 2.05) is 25.1 Å². The molecule has 0 fully saturated rings. The van der Waals surface area contributed by atoms with Crippen molar-refractivity contribution in [3.05, 3.63) is 59.2 Å². The molecule has 33 heavy (non-hydrogen) atoms. The summed E-state index contributed by atoms with van der Waals surface area (Å²) in [6.07, 6.45) is 1.49. The van der Waals surface area contributed by atoms with E-state index in [2.05, 4.69) is 25.7 Å². The Morgan fingerprint density at radius 1 is 1.15 bits per heavy atom. The number of carbonyl (C=O) groups excluding carboxylic acids is 1. The molecule has 0 heterocycles. The Hall–Kier alpha value is -2.63. The third kappa shape index (κ3) is 9.80. The minimum Gasteiger partial charge on any atom is -0.493 e. The number of hydrogen-bond donors (Lipinski definition) is 3. The Balaban J connectivity index is 0.00000544. The summed E-state index contributed by atoms with van der Waals surface area (Å²) in [6.45, 7) is 0.335. The Morgan fingerprint density at radius 3 is 2.61 bits per heavy atom. The number of rotatable bonds is 11. The number of nitrogens with one attached hydrogen (secondary N) is 3. The molecule has 1 amide bonds. The average molecular weight is 576 g/mol. The largest absolute Gasteiger partial charge is 0.493 e. The maximum absolute atomic E-state index is 12.8. The van der Waals surface area contributed by atoms with Gasteiger partial charge in [-0.1, -0.05) is 19.1 Å². The quantitative estimate of drug-likeness (QED) is 0.214. The highest BCUT2D eigenvalue weighted by Gasteiger charge is 2.12. The first-order chi connectivity index (χ1) is 15.5. The standard InChI is InChI=1S/C23H30F2N4O3.HI/c1-4-12-31-19-9-8-18(20(14-19)32-22(24)25)15-29-23(27-3)28-11-10-16-6-5-7-17(13-16)21(30)26-2;/h5-9,13-14,22H,4,10-12,15H2,1-3H3,(H,26,30)(H2,27,28,29);1H. The molecular weight excluding hydrogens is 545 g/mol. The molecule has 0 aliphatic heterocycles. The van der Waals surface area contributed by atoms with Crippen molar-refractivity contribution in [2.45, 2.75) is 32.9 Å². The van der Waals surface area contributed by atoms with Crippen LogP contribution in [0.3, 0.4) is 0 Å². The zero-order valence-corrected chi connectivity index (χ0v) is 21.3. The molecule has 0 aliphatic rings. The lowest BCUT2D eigenvalue weighted by molar-refractivity contribution is -0.0505. The number of hydrogen-bond acceptors (Lipinski definition) is 4. The summed E-state index contributed by atoms with van der Waals surface area (Å²) < 4.78 is 35.8. The van der Waals surface area contributed by atoms with Crippen molar-refractivity contribution in [3.8, 4) is 11.5 Å². The molecule has 0 radical (unpaired) electrons. The summed E-state index contributed by atoms with van der Waals surface area (Å²) in [5.74, 6) is 0.919. The summed E-state index contributed by atoms with van der Waals surface area (Å²) in [7, 11) is 3.22. The number of guanidine groups is 1. The van der Waals surface area contributed by atoms with E-state index in [-0.39, 0.29) is 42.2 Å². The van der Waals surface area contributed by atoms with Crippen LogP contribution in [0.1, 0.15) is 34.8 Å². The van der Waals surface area contributed by atoms with Gasteiger partial charge in [0.2, 0.25) is 0 Å². The fourth-order valence-electron chi connectivity index (χ4n) is 2.93. The Bertz CT molecular complexity index is 913. The van der Waals surface area contributed by atoms with Gasteiger partial charge in [0.25, 0.3) is 5.91 Å². The van der Waals surface area contributed by atoms with Gasteiger partial charge in [-0.3, -0.25) is 9.79 Å². The predicted molar refractivity (Wildman–Crippen MR) is 136 cm³/mol. The highest BCUT2D eigenvalue weighted by molar-refractivity contribution is 14.0. The van der Waals surface area contributed by atoms with Crippen molar-refractivity contribution in [3.63, 3.8) is 0 Å². The molecule has 2 aromatic carbocycles. The van der Waals surface area contributed by atoms with E-state index in [0.29, 0.717) is 42.4 Å². The van der Waals surface area contributed by atoms with Crippen molar-refractivity contribution in [2.24, 2.45) is 4.99 Å². The van der Waals surface area contributed by atoms with Crippen LogP contribution >= 0.6 is 24.0 Å². The number of carbonyl (C=O) groups is 1. The normalized spacial score (nSPS) is 10.9. The van der Waals surface area contributed by atoms with Crippen LogP contribution in [-0.4, -0.2) is 45.7 Å². The van der Waals surface area contributed by atoms with Gasteiger partial charge in [0.05, 0.1) is 6.61 Å². The van der Waals surface area contributed by atoms with E-state index in [9.17, 15) is 13.6 Å². The fraction of sp³-hybridized carbons (Fsp3) is 0.391. The van der Waals surface area contributed by atoms with Crippen molar-refractivity contribution in [1.82, 2.24) is 16.0 Å². The van der Waals surface area contributed by atoms with Crippen LogP contribution in [0, 0.1) is 0 Å². The SMILES string of the molecule is CCCOc1ccc(CNC(=NC)NCCc2cccc(C(=O)NC)c2)c(OC(F)F)c1.I. The summed E-state index contributed by atoms with van der Waals surface area (Å²) in [4.78, 5) is 15.9. The van der Waals surface area contributed by atoms with Gasteiger partial charge in [-0.15, -0.1) is 24.0 Å². The van der Waals surface area contributed by atoms with Crippen LogP contribution in [0.5, 0.6) is 11.5 Å². The van der Waals surface area contributed by atoms with Gasteiger partial charge < -0.3 is 25.4 Å². The van der Waals surface area contributed by atoms with Crippen LogP contribution in [-0.2, 0) is 13.0 Å². The Morgan fingerprint density at radius 2 is 1.94 bits per heavy atom. The number of amides is 1. The number of aliphatic imine (C=N–C) groups is 1. The minimum absolute atomic E-state index is 0. The monoisotopic (exact) mass is 576 g/mol. The number of ether oxygens (including phenoxy) is 2. The average Bonchev–Trinajstić information content (AvgIpc) is 2.80. The summed E-state index contributed by atoms with van der Waals surface area (Å²) >= 11 is 0. The smallest absolute Gasteiger partial charge is 0.387 e. The van der Waals surface area contributed by atoms with E-state index in [0.717, 1.165) is 12.0 Å². The zero-order valence-electron chi connectivity index (χ0n) is 19.0. The van der Waals surface area contributed by atoms with Crippen LogP contribution in [0.25, 0.3) is 0 Å². The van der Waals surface area contributed by atoms with Crippen molar-refractivity contribution >= 4 is 35.8 Å². The number of nitrogens with zero attached hydrogens (tertiary/aromatic N) is 1. The van der Waals surface area contributed by atoms with Crippen LogP contribution in [0.4, 0.5) is 8.78 Å². The summed E-state index contributed by atoms with van der Waals surface area (Å²) in [5.41, 5.74) is 2.16. The third-order valence-corrected chi connectivity index (χ3v) is 4.52. The number of halogens is 3. The van der Waals surface area contributed by atoms with Gasteiger partial charge in [0.1, 0.15) is 11.5 Å². The summed E-state index contributed by atoms with van der Waals surface area (Å²) in [6, 6.07) is 12.3. The van der Waals surface area contributed by atoms with Gasteiger partial charge in [-0.25, -0.2) is 0 Å². The lowest BCUT2D eigenvalue weighted by Crippen LogP contribution is -2.38. The van der Waals surface area contributed by atoms with Gasteiger partial charge in [0, 0.05) is 44.4 Å². The predicted octanol–water partition coefficient (Wildman–Crippen LogP) is 3.96. The lowest BCUT2D eigenvalue weighted by atomic mass is 10.1. The highest BCUT2D eigenvalue weighted by atomic mass is 127. The molecular formula is C23H31F2IN4O3. The first-order valence-corrected chi connectivity index (χ1v) is 10.4.